The van der Waals surface area contributed by atoms with Crippen molar-refractivity contribution in [3.05, 3.63) is 0 Å². The summed E-state index contributed by atoms with van der Waals surface area (Å²) in [5.41, 5.74) is 0. The molecule has 2 rings (SSSR count). The number of hydrogen-bond donors (Lipinski definition) is 2. The van der Waals surface area contributed by atoms with Crippen LogP contribution in [0.3, 0.4) is 0 Å². The quantitative estimate of drug-likeness (QED) is 0.814. The highest BCUT2D eigenvalue weighted by molar-refractivity contribution is 5.85. The molecule has 0 aromatic rings. The highest BCUT2D eigenvalue weighted by Gasteiger charge is 2.20. The maximum Gasteiger partial charge on any atom is 0.237 e. The molecule has 1 aliphatic heterocycles. The summed E-state index contributed by atoms with van der Waals surface area (Å²) < 4.78 is 0. The molecule has 4 heteroatoms. The first kappa shape index (κ1) is 14.8. The van der Waals surface area contributed by atoms with E-state index in [9.17, 15) is 4.79 Å². The number of piperidine rings is 1. The van der Waals surface area contributed by atoms with E-state index in [0.717, 1.165) is 25.4 Å². The number of hydrogen-bond acceptors (Lipinski definition) is 2. The van der Waals surface area contributed by atoms with E-state index in [1.54, 1.807) is 0 Å². The van der Waals surface area contributed by atoms with Gasteiger partial charge in [-0.15, -0.1) is 12.4 Å². The molecule has 1 saturated carbocycles. The molecule has 1 heterocycles. The van der Waals surface area contributed by atoms with Gasteiger partial charge in [0.1, 0.15) is 0 Å². The second kappa shape index (κ2) is 7.93. The Morgan fingerprint density at radius 2 is 1.82 bits per heavy atom. The maximum atomic E-state index is 11.8. The summed E-state index contributed by atoms with van der Waals surface area (Å²) in [4.78, 5) is 11.8. The predicted octanol–water partition coefficient (Wildman–Crippen LogP) is 2.25. The van der Waals surface area contributed by atoms with Crippen molar-refractivity contribution in [2.75, 3.05) is 13.1 Å². The molecule has 17 heavy (non-hydrogen) atoms. The molecule has 1 amide bonds. The first-order valence-corrected chi connectivity index (χ1v) is 6.87. The first-order valence-electron chi connectivity index (χ1n) is 6.87. The third kappa shape index (κ3) is 4.84. The lowest BCUT2D eigenvalue weighted by Gasteiger charge is -2.22. The normalized spacial score (nSPS) is 25.3. The summed E-state index contributed by atoms with van der Waals surface area (Å²) in [5.74, 6) is 1.09. The molecule has 2 N–H and O–H groups in total. The van der Waals surface area contributed by atoms with Crippen LogP contribution in [0.1, 0.15) is 51.4 Å². The van der Waals surface area contributed by atoms with Crippen molar-refractivity contribution in [1.29, 1.82) is 0 Å². The molecule has 3 nitrogen and oxygen atoms in total. The van der Waals surface area contributed by atoms with Crippen LogP contribution in [0.5, 0.6) is 0 Å². The van der Waals surface area contributed by atoms with E-state index in [4.69, 9.17) is 0 Å². The molecule has 1 unspecified atom stereocenters. The molecule has 0 bridgehead atoms. The summed E-state index contributed by atoms with van der Waals surface area (Å²) in [7, 11) is 0. The van der Waals surface area contributed by atoms with E-state index in [0.29, 0.717) is 0 Å². The Morgan fingerprint density at radius 3 is 2.47 bits per heavy atom. The van der Waals surface area contributed by atoms with E-state index < -0.39 is 0 Å². The fourth-order valence-electron chi connectivity index (χ4n) is 2.90. The zero-order valence-electron chi connectivity index (χ0n) is 10.5. The van der Waals surface area contributed by atoms with Crippen molar-refractivity contribution in [2.24, 2.45) is 5.92 Å². The molecule has 100 valence electrons. The minimum absolute atomic E-state index is 0. The van der Waals surface area contributed by atoms with Gasteiger partial charge in [-0.25, -0.2) is 0 Å². The van der Waals surface area contributed by atoms with Crippen LogP contribution in [0.4, 0.5) is 0 Å². The van der Waals surface area contributed by atoms with E-state index in [-0.39, 0.29) is 24.4 Å². The fraction of sp³-hybridized carbons (Fsp3) is 0.923. The molecule has 0 aromatic carbocycles. The van der Waals surface area contributed by atoms with Crippen LogP contribution in [0.25, 0.3) is 0 Å². The standard InChI is InChI=1S/C13H24N2O.ClH/c16-13(12-7-3-4-9-14-12)15-10-8-11-5-1-2-6-11;/h11-12,14H,1-10H2,(H,15,16);1H. The summed E-state index contributed by atoms with van der Waals surface area (Å²) in [6.45, 7) is 1.88. The van der Waals surface area contributed by atoms with Gasteiger partial charge in [0.25, 0.3) is 0 Å². The Bertz CT molecular complexity index is 223. The summed E-state index contributed by atoms with van der Waals surface area (Å²) in [6, 6.07) is 0.0809. The lowest BCUT2D eigenvalue weighted by Crippen LogP contribution is -2.46. The molecule has 1 aliphatic carbocycles. The van der Waals surface area contributed by atoms with E-state index in [1.165, 1.54) is 44.9 Å². The van der Waals surface area contributed by atoms with Crippen LogP contribution in [0.2, 0.25) is 0 Å². The summed E-state index contributed by atoms with van der Waals surface area (Å²) in [5, 5.41) is 6.36. The third-order valence-corrected chi connectivity index (χ3v) is 3.95. The van der Waals surface area contributed by atoms with E-state index >= 15 is 0 Å². The number of carbonyl (C=O) groups excluding carboxylic acids is 1. The SMILES string of the molecule is Cl.O=C(NCCC1CCCC1)C1CCCCN1. The van der Waals surface area contributed by atoms with Crippen LogP contribution in [0.15, 0.2) is 0 Å². The van der Waals surface area contributed by atoms with Gasteiger partial charge in [-0.3, -0.25) is 4.79 Å². The van der Waals surface area contributed by atoms with Crippen molar-refractivity contribution < 1.29 is 4.79 Å². The van der Waals surface area contributed by atoms with Gasteiger partial charge in [0, 0.05) is 6.54 Å². The highest BCUT2D eigenvalue weighted by Crippen LogP contribution is 2.26. The minimum atomic E-state index is 0. The van der Waals surface area contributed by atoms with Gasteiger partial charge >= 0.3 is 0 Å². The van der Waals surface area contributed by atoms with Crippen molar-refractivity contribution in [3.8, 4) is 0 Å². The Balaban J connectivity index is 0.00000144. The average Bonchev–Trinajstić information content (AvgIpc) is 2.83. The zero-order valence-corrected chi connectivity index (χ0v) is 11.4. The molecule has 0 radical (unpaired) electrons. The monoisotopic (exact) mass is 260 g/mol. The second-order valence-corrected chi connectivity index (χ2v) is 5.23. The molecule has 2 aliphatic rings. The second-order valence-electron chi connectivity index (χ2n) is 5.23. The molecule has 0 aromatic heterocycles. The maximum absolute atomic E-state index is 11.8. The molecular formula is C13H25ClN2O. The largest absolute Gasteiger partial charge is 0.355 e. The van der Waals surface area contributed by atoms with Crippen LogP contribution < -0.4 is 10.6 Å². The van der Waals surface area contributed by atoms with Gasteiger partial charge in [-0.1, -0.05) is 32.1 Å². The zero-order chi connectivity index (χ0) is 11.2. The summed E-state index contributed by atoms with van der Waals surface area (Å²) >= 11 is 0. The van der Waals surface area contributed by atoms with Crippen LogP contribution in [0, 0.1) is 5.92 Å². The number of amides is 1. The number of rotatable bonds is 4. The molecule has 1 atom stereocenters. The fourth-order valence-corrected chi connectivity index (χ4v) is 2.90. The van der Waals surface area contributed by atoms with E-state index in [2.05, 4.69) is 10.6 Å². The van der Waals surface area contributed by atoms with Gasteiger partial charge in [0.2, 0.25) is 5.91 Å². The Hall–Kier alpha value is -0.280. The molecular weight excluding hydrogens is 236 g/mol. The topological polar surface area (TPSA) is 41.1 Å². The van der Waals surface area contributed by atoms with Crippen molar-refractivity contribution in [1.82, 2.24) is 10.6 Å². The highest BCUT2D eigenvalue weighted by atomic mass is 35.5. The van der Waals surface area contributed by atoms with Crippen LogP contribution in [-0.2, 0) is 4.79 Å². The molecule has 2 fully saturated rings. The Kier molecular flexibility index (Phi) is 6.90. The van der Waals surface area contributed by atoms with E-state index in [1.807, 2.05) is 0 Å². The minimum Gasteiger partial charge on any atom is -0.355 e. The van der Waals surface area contributed by atoms with Crippen LogP contribution in [-0.4, -0.2) is 25.0 Å². The number of halogens is 1. The van der Waals surface area contributed by atoms with Gasteiger partial charge in [0.15, 0.2) is 0 Å². The first-order chi connectivity index (χ1) is 7.86. The summed E-state index contributed by atoms with van der Waals surface area (Å²) in [6.07, 6.45) is 10.1. The molecule has 1 saturated heterocycles. The van der Waals surface area contributed by atoms with Gasteiger partial charge in [-0.05, 0) is 31.7 Å². The van der Waals surface area contributed by atoms with Crippen molar-refractivity contribution >= 4 is 18.3 Å². The van der Waals surface area contributed by atoms with Crippen LogP contribution >= 0.6 is 12.4 Å². The Labute approximate surface area is 111 Å². The number of carbonyl (C=O) groups is 1. The van der Waals surface area contributed by atoms with Gasteiger partial charge in [0.05, 0.1) is 6.04 Å². The predicted molar refractivity (Wildman–Crippen MR) is 72.5 cm³/mol. The average molecular weight is 261 g/mol. The van der Waals surface area contributed by atoms with Crippen molar-refractivity contribution in [2.45, 2.75) is 57.4 Å². The van der Waals surface area contributed by atoms with Gasteiger partial charge < -0.3 is 10.6 Å². The molecule has 0 spiro atoms. The lowest BCUT2D eigenvalue weighted by molar-refractivity contribution is -0.123. The number of nitrogens with one attached hydrogen (secondary N) is 2. The van der Waals surface area contributed by atoms with Gasteiger partial charge in [-0.2, -0.15) is 0 Å². The third-order valence-electron chi connectivity index (χ3n) is 3.95. The van der Waals surface area contributed by atoms with Crippen molar-refractivity contribution in [3.63, 3.8) is 0 Å². The smallest absolute Gasteiger partial charge is 0.237 e. The lowest BCUT2D eigenvalue weighted by atomic mass is 10.0. The Morgan fingerprint density at radius 1 is 1.12 bits per heavy atom.